The summed E-state index contributed by atoms with van der Waals surface area (Å²) in [5.74, 6) is 1.94. The maximum atomic E-state index is 6.19. The van der Waals surface area contributed by atoms with E-state index in [0.29, 0.717) is 0 Å². The Balaban J connectivity index is 2.05. The molecule has 2 rings (SSSR count). The smallest absolute Gasteiger partial charge is 0.400 e. The van der Waals surface area contributed by atoms with Crippen LogP contribution in [0.3, 0.4) is 0 Å². The normalized spacial score (nSPS) is 26.6. The third-order valence-electron chi connectivity index (χ3n) is 6.13. The van der Waals surface area contributed by atoms with Gasteiger partial charge in [0.25, 0.3) is 0 Å². The highest BCUT2D eigenvalue weighted by atomic mass is 16.7. The molecular weight excluding hydrogens is 338 g/mol. The second-order valence-electron chi connectivity index (χ2n) is 9.45. The Morgan fingerprint density at radius 1 is 0.741 bits per heavy atom. The molecule has 0 aromatic heterocycles. The van der Waals surface area contributed by atoms with E-state index in [4.69, 9.17) is 18.6 Å². The molecule has 0 aliphatic carbocycles. The summed E-state index contributed by atoms with van der Waals surface area (Å²) in [7, 11) is -0.678. The lowest BCUT2D eigenvalue weighted by molar-refractivity contribution is 0.00578. The first-order valence-corrected chi connectivity index (χ1v) is 10.1. The maximum absolute atomic E-state index is 6.19. The highest BCUT2D eigenvalue weighted by Crippen LogP contribution is 2.39. The van der Waals surface area contributed by atoms with Gasteiger partial charge in [0, 0.05) is 0 Å². The number of hydrogen-bond acceptors (Lipinski definition) is 4. The van der Waals surface area contributed by atoms with Gasteiger partial charge in [0.1, 0.15) is 0 Å². The molecule has 0 radical (unpaired) electrons. The minimum Gasteiger partial charge on any atom is -0.400 e. The van der Waals surface area contributed by atoms with Gasteiger partial charge in [-0.05, 0) is 67.3 Å². The number of allylic oxidation sites excluding steroid dienone is 5. The van der Waals surface area contributed by atoms with Crippen molar-refractivity contribution in [2.45, 2.75) is 97.6 Å². The van der Waals surface area contributed by atoms with Crippen molar-refractivity contribution in [1.82, 2.24) is 0 Å². The van der Waals surface area contributed by atoms with Crippen molar-refractivity contribution in [2.75, 3.05) is 0 Å². The highest BCUT2D eigenvalue weighted by molar-refractivity contribution is 6.55. The summed E-state index contributed by atoms with van der Waals surface area (Å²) in [4.78, 5) is 0. The van der Waals surface area contributed by atoms with Crippen LogP contribution in [0, 0.1) is 0 Å². The molecule has 0 unspecified atom stereocenters. The first-order valence-electron chi connectivity index (χ1n) is 10.1. The molecule has 2 aliphatic rings. The van der Waals surface area contributed by atoms with Crippen LogP contribution in [0.2, 0.25) is 0 Å². The standard InChI is InChI=1S/C21H36B2O4/c1-10-11-14-17(23-26-20(6,7)21(8,9)27-23)15-12-13-16-22-24-18(2,3)19(4,5)25-22/h12-16H,10-11H2,1-9H3/b15-12+,16-13+,17-14-. The molecule has 150 valence electrons. The van der Waals surface area contributed by atoms with Gasteiger partial charge < -0.3 is 18.6 Å². The lowest BCUT2D eigenvalue weighted by Gasteiger charge is -2.32. The number of rotatable bonds is 6. The molecule has 0 bridgehead atoms. The average molecular weight is 374 g/mol. The van der Waals surface area contributed by atoms with E-state index in [-0.39, 0.29) is 36.6 Å². The molecule has 0 saturated carbocycles. The molecule has 2 saturated heterocycles. The minimum absolute atomic E-state index is 0.319. The van der Waals surface area contributed by atoms with Crippen LogP contribution in [0.15, 0.2) is 35.8 Å². The Hall–Kier alpha value is -0.810. The average Bonchev–Trinajstić information content (AvgIpc) is 2.85. The van der Waals surface area contributed by atoms with Crippen molar-refractivity contribution in [3.63, 3.8) is 0 Å². The monoisotopic (exact) mass is 374 g/mol. The van der Waals surface area contributed by atoms with Crippen LogP contribution in [0.1, 0.15) is 75.2 Å². The van der Waals surface area contributed by atoms with Crippen LogP contribution in [-0.4, -0.2) is 36.6 Å². The number of hydrogen-bond donors (Lipinski definition) is 0. The van der Waals surface area contributed by atoms with Crippen LogP contribution in [-0.2, 0) is 18.6 Å². The minimum atomic E-state index is -0.344. The summed E-state index contributed by atoms with van der Waals surface area (Å²) in [6.45, 7) is 18.7. The first-order chi connectivity index (χ1) is 12.3. The molecule has 2 aliphatic heterocycles. The van der Waals surface area contributed by atoms with E-state index in [2.05, 4.69) is 74.5 Å². The highest BCUT2D eigenvalue weighted by Gasteiger charge is 2.52. The second kappa shape index (κ2) is 7.90. The molecule has 0 N–H and O–H groups in total. The molecule has 0 aromatic carbocycles. The fourth-order valence-corrected chi connectivity index (χ4v) is 2.82. The molecule has 0 spiro atoms. The van der Waals surface area contributed by atoms with Gasteiger partial charge >= 0.3 is 14.2 Å². The van der Waals surface area contributed by atoms with E-state index >= 15 is 0 Å². The van der Waals surface area contributed by atoms with E-state index in [1.807, 2.05) is 18.1 Å². The zero-order valence-electron chi connectivity index (χ0n) is 18.6. The van der Waals surface area contributed by atoms with Gasteiger partial charge in [-0.3, -0.25) is 0 Å². The summed E-state index contributed by atoms with van der Waals surface area (Å²) in [5, 5.41) is 0. The fourth-order valence-electron chi connectivity index (χ4n) is 2.82. The Morgan fingerprint density at radius 3 is 1.70 bits per heavy atom. The lowest BCUT2D eigenvalue weighted by Crippen LogP contribution is -2.41. The molecule has 4 nitrogen and oxygen atoms in total. The third-order valence-corrected chi connectivity index (χ3v) is 6.13. The summed E-state index contributed by atoms with van der Waals surface area (Å²) in [6, 6.07) is 0. The van der Waals surface area contributed by atoms with Gasteiger partial charge in [0.2, 0.25) is 0 Å². The summed E-state index contributed by atoms with van der Waals surface area (Å²) in [5.41, 5.74) is -0.264. The SMILES string of the molecule is CCC/C=C(/C=C/C=C/B1OC(C)(C)C(C)(C)O1)B1OC(C)(C)C(C)(C)O1. The first kappa shape index (κ1) is 22.5. The topological polar surface area (TPSA) is 36.9 Å². The van der Waals surface area contributed by atoms with Gasteiger partial charge in [-0.25, -0.2) is 0 Å². The van der Waals surface area contributed by atoms with Crippen LogP contribution >= 0.6 is 0 Å². The van der Waals surface area contributed by atoms with Crippen molar-refractivity contribution >= 4 is 14.2 Å². The molecule has 2 heterocycles. The Bertz CT molecular complexity index is 586. The van der Waals surface area contributed by atoms with Crippen LogP contribution in [0.25, 0.3) is 0 Å². The zero-order valence-corrected chi connectivity index (χ0v) is 18.6. The molecule has 0 amide bonds. The van der Waals surface area contributed by atoms with Gasteiger partial charge in [-0.15, -0.1) is 0 Å². The maximum Gasteiger partial charge on any atom is 0.494 e. The van der Waals surface area contributed by atoms with Crippen LogP contribution < -0.4 is 0 Å². The van der Waals surface area contributed by atoms with Gasteiger partial charge in [-0.1, -0.05) is 43.6 Å². The molecule has 0 atom stereocenters. The predicted octanol–water partition coefficient (Wildman–Crippen LogP) is 5.09. The Labute approximate surface area is 166 Å². The van der Waals surface area contributed by atoms with Gasteiger partial charge in [0.15, 0.2) is 0 Å². The Morgan fingerprint density at radius 2 is 1.22 bits per heavy atom. The summed E-state index contributed by atoms with van der Waals surface area (Å²) >= 11 is 0. The van der Waals surface area contributed by atoms with Gasteiger partial charge in [-0.2, -0.15) is 0 Å². The van der Waals surface area contributed by atoms with Crippen molar-refractivity contribution in [1.29, 1.82) is 0 Å². The quantitative estimate of drug-likeness (QED) is 0.480. The summed E-state index contributed by atoms with van der Waals surface area (Å²) in [6.07, 6.45) is 10.3. The van der Waals surface area contributed by atoms with Crippen LogP contribution in [0.5, 0.6) is 0 Å². The molecule has 2 fully saturated rings. The zero-order chi connectivity index (χ0) is 20.5. The van der Waals surface area contributed by atoms with Crippen molar-refractivity contribution in [2.24, 2.45) is 0 Å². The molecule has 27 heavy (non-hydrogen) atoms. The predicted molar refractivity (Wildman–Crippen MR) is 113 cm³/mol. The molecule has 0 aromatic rings. The van der Waals surface area contributed by atoms with Gasteiger partial charge in [0.05, 0.1) is 22.4 Å². The Kier molecular flexibility index (Phi) is 6.58. The van der Waals surface area contributed by atoms with E-state index in [1.54, 1.807) is 0 Å². The van der Waals surface area contributed by atoms with E-state index in [0.717, 1.165) is 18.3 Å². The van der Waals surface area contributed by atoms with Crippen molar-refractivity contribution in [3.8, 4) is 0 Å². The van der Waals surface area contributed by atoms with Crippen molar-refractivity contribution in [3.05, 3.63) is 35.8 Å². The molecule has 6 heteroatoms. The lowest BCUT2D eigenvalue weighted by atomic mass is 9.77. The van der Waals surface area contributed by atoms with E-state index in [9.17, 15) is 0 Å². The molecular formula is C21H36B2O4. The number of unbranched alkanes of at least 4 members (excludes halogenated alkanes) is 1. The van der Waals surface area contributed by atoms with Crippen molar-refractivity contribution < 1.29 is 18.6 Å². The largest absolute Gasteiger partial charge is 0.494 e. The van der Waals surface area contributed by atoms with Crippen LogP contribution in [0.4, 0.5) is 0 Å². The second-order valence-corrected chi connectivity index (χ2v) is 9.45. The summed E-state index contributed by atoms with van der Waals surface area (Å²) < 4.78 is 24.4. The van der Waals surface area contributed by atoms with E-state index < -0.39 is 0 Å². The van der Waals surface area contributed by atoms with E-state index in [1.165, 1.54) is 0 Å². The third kappa shape index (κ3) is 4.97. The fraction of sp³-hybridized carbons (Fsp3) is 0.714.